The third-order valence-electron chi connectivity index (χ3n) is 9.82. The van der Waals surface area contributed by atoms with E-state index in [9.17, 15) is 39.0 Å². The number of carbonyl (C=O) groups is 6. The number of carbonyl (C=O) groups excluding carboxylic acids is 3. The molecule has 0 spiro atoms. The molecule has 2 aromatic carbocycles. The van der Waals surface area contributed by atoms with Crippen LogP contribution in [0.3, 0.4) is 0 Å². The van der Waals surface area contributed by atoms with Gasteiger partial charge in [0, 0.05) is 58.5 Å². The molecule has 1 aliphatic heterocycles. The lowest BCUT2D eigenvalue weighted by Gasteiger charge is -2.30. The summed E-state index contributed by atoms with van der Waals surface area (Å²) in [5.74, 6) is -3.91. The van der Waals surface area contributed by atoms with Gasteiger partial charge in [-0.05, 0) is 54.9 Å². The van der Waals surface area contributed by atoms with Crippen molar-refractivity contribution in [3.05, 3.63) is 66.0 Å². The fourth-order valence-electron chi connectivity index (χ4n) is 6.69. The lowest BCUT2D eigenvalue weighted by Crippen LogP contribution is -2.48. The molecule has 1 atom stereocenters. The van der Waals surface area contributed by atoms with E-state index in [1.165, 1.54) is 16.1 Å². The van der Waals surface area contributed by atoms with E-state index in [-0.39, 0.29) is 95.5 Å². The third-order valence-corrected chi connectivity index (χ3v) is 9.82. The Balaban J connectivity index is 1.03. The van der Waals surface area contributed by atoms with Crippen LogP contribution in [0.4, 0.5) is 5.95 Å². The number of unbranched alkanes of at least 4 members (excludes halogenated alkanes) is 2. The summed E-state index contributed by atoms with van der Waals surface area (Å²) < 4.78 is 5.86. The maximum absolute atomic E-state index is 12.5. The summed E-state index contributed by atoms with van der Waals surface area (Å²) in [5, 5.41) is 39.7. The fraction of sp³-hybridized carbons (Fsp3) is 0.488. The van der Waals surface area contributed by atoms with Gasteiger partial charge in [-0.15, -0.1) is 0 Å². The van der Waals surface area contributed by atoms with Crippen molar-refractivity contribution in [2.45, 2.75) is 64.5 Å². The molecule has 0 bridgehead atoms. The van der Waals surface area contributed by atoms with Gasteiger partial charge >= 0.3 is 23.9 Å². The number of nitrogens with zero attached hydrogens (tertiary/aromatic N) is 6. The Morgan fingerprint density at radius 3 is 2.05 bits per heavy atom. The second-order valence-electron chi connectivity index (χ2n) is 14.5. The van der Waals surface area contributed by atoms with Crippen LogP contribution in [0, 0.1) is 6.92 Å². The van der Waals surface area contributed by atoms with Crippen LogP contribution in [0.1, 0.15) is 56.1 Å². The van der Waals surface area contributed by atoms with Crippen molar-refractivity contribution in [3.8, 4) is 17.1 Å². The molecule has 1 saturated heterocycles. The third kappa shape index (κ3) is 17.5. The van der Waals surface area contributed by atoms with Crippen molar-refractivity contribution in [1.29, 1.82) is 0 Å². The number of ether oxygens (including phenoxy) is 1. The number of amides is 3. The van der Waals surface area contributed by atoms with E-state index in [4.69, 9.17) is 9.84 Å². The van der Waals surface area contributed by atoms with Gasteiger partial charge in [0.15, 0.2) is 0 Å². The number of anilines is 1. The molecule has 3 amide bonds. The summed E-state index contributed by atoms with van der Waals surface area (Å²) in [6, 6.07) is 15.3. The van der Waals surface area contributed by atoms with E-state index >= 15 is 0 Å². The van der Waals surface area contributed by atoms with Gasteiger partial charge in [0.25, 0.3) is 0 Å². The first-order valence-electron chi connectivity index (χ1n) is 20.2. The molecule has 0 saturated carbocycles. The fourth-order valence-corrected chi connectivity index (χ4v) is 6.69. The molecule has 330 valence electrons. The van der Waals surface area contributed by atoms with Crippen LogP contribution in [0.25, 0.3) is 11.1 Å². The molecule has 61 heavy (non-hydrogen) atoms. The van der Waals surface area contributed by atoms with Crippen molar-refractivity contribution in [3.63, 3.8) is 0 Å². The molecular formula is C41H56N10O10. The van der Waals surface area contributed by atoms with Crippen LogP contribution in [0.2, 0.25) is 0 Å². The van der Waals surface area contributed by atoms with E-state index in [2.05, 4.69) is 61.3 Å². The Morgan fingerprint density at radius 1 is 0.721 bits per heavy atom. The van der Waals surface area contributed by atoms with Crippen molar-refractivity contribution in [2.24, 2.45) is 0 Å². The molecule has 0 radical (unpaired) electrons. The normalized spacial score (nSPS) is 14.0. The van der Waals surface area contributed by atoms with E-state index < -0.39 is 30.5 Å². The summed E-state index contributed by atoms with van der Waals surface area (Å²) in [5.41, 5.74) is 4.36. The van der Waals surface area contributed by atoms with Crippen molar-refractivity contribution in [1.82, 2.24) is 45.6 Å². The van der Waals surface area contributed by atoms with E-state index in [1.807, 2.05) is 30.3 Å². The number of hydrogen-bond acceptors (Lipinski definition) is 14. The summed E-state index contributed by atoms with van der Waals surface area (Å²) in [7, 11) is 0. The number of nitrogens with one attached hydrogen (secondary N) is 4. The Bertz CT molecular complexity index is 1920. The average molecular weight is 849 g/mol. The Kier molecular flexibility index (Phi) is 19.7. The zero-order valence-electron chi connectivity index (χ0n) is 34.4. The molecule has 20 nitrogen and oxygen atoms in total. The summed E-state index contributed by atoms with van der Waals surface area (Å²) >= 11 is 0. The second-order valence-corrected chi connectivity index (χ2v) is 14.5. The zero-order valence-corrected chi connectivity index (χ0v) is 34.4. The molecule has 2 heterocycles. The molecule has 1 aliphatic rings. The summed E-state index contributed by atoms with van der Waals surface area (Å²) in [4.78, 5) is 88.7. The van der Waals surface area contributed by atoms with Crippen molar-refractivity contribution < 1.29 is 48.8 Å². The van der Waals surface area contributed by atoms with Crippen LogP contribution in [-0.4, -0.2) is 152 Å². The van der Waals surface area contributed by atoms with Crippen LogP contribution in [-0.2, 0) is 35.4 Å². The van der Waals surface area contributed by atoms with Crippen LogP contribution in [0.5, 0.6) is 6.01 Å². The smallest absolute Gasteiger partial charge is 0.321 e. The molecule has 7 N–H and O–H groups in total. The SMILES string of the molecule is Cc1c(COc2ncnc(NCCNC(=O)CCC(=O)NCCCCCNC(=O)CCC(C(=O)O)N3CCN(CC(=O)O)CN(CC(=O)O)C3)n2)cccc1-c1ccccc1. The number of carboxylic acid groups (broad SMARTS) is 3. The maximum atomic E-state index is 12.5. The van der Waals surface area contributed by atoms with E-state index in [0.29, 0.717) is 44.8 Å². The van der Waals surface area contributed by atoms with Crippen molar-refractivity contribution in [2.75, 3.05) is 71.0 Å². The van der Waals surface area contributed by atoms with Gasteiger partial charge in [0.2, 0.25) is 23.7 Å². The van der Waals surface area contributed by atoms with E-state index in [0.717, 1.165) is 22.3 Å². The van der Waals surface area contributed by atoms with Gasteiger partial charge in [-0.1, -0.05) is 48.5 Å². The highest BCUT2D eigenvalue weighted by molar-refractivity contribution is 5.83. The number of rotatable bonds is 26. The topological polar surface area (TPSA) is 269 Å². The maximum Gasteiger partial charge on any atom is 0.321 e. The molecule has 0 aliphatic carbocycles. The summed E-state index contributed by atoms with van der Waals surface area (Å²) in [6.45, 7) is 3.50. The van der Waals surface area contributed by atoms with Crippen LogP contribution < -0.4 is 26.0 Å². The lowest BCUT2D eigenvalue weighted by molar-refractivity contribution is -0.145. The van der Waals surface area contributed by atoms with Gasteiger partial charge < -0.3 is 41.3 Å². The summed E-state index contributed by atoms with van der Waals surface area (Å²) in [6.07, 6.45) is 3.34. The van der Waals surface area contributed by atoms with Gasteiger partial charge in [-0.2, -0.15) is 9.97 Å². The average Bonchev–Trinajstić information content (AvgIpc) is 3.41. The van der Waals surface area contributed by atoms with Crippen LogP contribution in [0.15, 0.2) is 54.9 Å². The molecule has 1 unspecified atom stereocenters. The molecule has 1 fully saturated rings. The number of carboxylic acids is 3. The highest BCUT2D eigenvalue weighted by Crippen LogP contribution is 2.26. The van der Waals surface area contributed by atoms with Gasteiger partial charge in [-0.3, -0.25) is 43.5 Å². The predicted octanol–water partition coefficient (Wildman–Crippen LogP) is 1.37. The minimum atomic E-state index is -1.16. The first-order valence-corrected chi connectivity index (χ1v) is 20.2. The highest BCUT2D eigenvalue weighted by atomic mass is 16.5. The monoisotopic (exact) mass is 848 g/mol. The molecular weight excluding hydrogens is 793 g/mol. The Morgan fingerprint density at radius 2 is 1.38 bits per heavy atom. The number of aromatic nitrogens is 3. The second kappa shape index (κ2) is 25.4. The predicted molar refractivity (Wildman–Crippen MR) is 222 cm³/mol. The largest absolute Gasteiger partial charge is 0.480 e. The molecule has 1 aromatic heterocycles. The van der Waals surface area contributed by atoms with E-state index in [1.54, 1.807) is 4.90 Å². The molecule has 4 rings (SSSR count). The number of benzene rings is 2. The zero-order chi connectivity index (χ0) is 44.0. The lowest BCUT2D eigenvalue weighted by atomic mass is 9.97. The molecule has 3 aromatic rings. The quantitative estimate of drug-likeness (QED) is 0.0563. The first kappa shape index (κ1) is 47.4. The Labute approximate surface area is 354 Å². The highest BCUT2D eigenvalue weighted by Gasteiger charge is 2.31. The molecule has 20 heteroatoms. The minimum absolute atomic E-state index is 0.00213. The van der Waals surface area contributed by atoms with Crippen LogP contribution >= 0.6 is 0 Å². The first-order chi connectivity index (χ1) is 29.4. The number of aliphatic carboxylic acids is 3. The standard InChI is InChI=1S/C41H56N10O10/c1-29-31(11-8-12-32(29)30-9-4-2-5-10-30)25-61-41-47-26-46-40(48-41)45-20-19-44-36(54)16-15-35(53)43-18-7-3-6-17-42-34(52)14-13-33(39(59)60)51-22-21-49(23-37(55)56)27-50(28-51)24-38(57)58/h2,4-5,8-12,26,33H,3,6-7,13-25,27-28H2,1H3,(H,42,52)(H,43,53)(H,44,54)(H,55,56)(H,57,58)(H,59,60)(H,45,46,47,48). The number of hydrogen-bond donors (Lipinski definition) is 7. The Hall–Kier alpha value is -6.25. The van der Waals surface area contributed by atoms with Gasteiger partial charge in [0.05, 0.1) is 26.4 Å². The minimum Gasteiger partial charge on any atom is -0.480 e. The van der Waals surface area contributed by atoms with Crippen molar-refractivity contribution >= 4 is 41.6 Å². The van der Waals surface area contributed by atoms with Gasteiger partial charge in [-0.25, -0.2) is 4.98 Å². The van der Waals surface area contributed by atoms with Gasteiger partial charge in [0.1, 0.15) is 19.0 Å².